The molecule has 1 aromatic carbocycles. The molecule has 1 aromatic rings. The van der Waals surface area contributed by atoms with E-state index < -0.39 is 16.1 Å². The molecule has 2 heterocycles. The van der Waals surface area contributed by atoms with Gasteiger partial charge in [0, 0.05) is 24.4 Å². The van der Waals surface area contributed by atoms with Gasteiger partial charge < -0.3 is 15.2 Å². The van der Waals surface area contributed by atoms with Gasteiger partial charge in [0.05, 0.1) is 16.6 Å². The van der Waals surface area contributed by atoms with E-state index >= 15 is 0 Å². The summed E-state index contributed by atoms with van der Waals surface area (Å²) in [6, 6.07) is 4.81. The van der Waals surface area contributed by atoms with Gasteiger partial charge in [-0.3, -0.25) is 10.1 Å². The van der Waals surface area contributed by atoms with Gasteiger partial charge in [-0.2, -0.15) is 0 Å². The first-order valence-corrected chi connectivity index (χ1v) is 7.14. The maximum Gasteiger partial charge on any atom is 0.271 e. The van der Waals surface area contributed by atoms with Crippen molar-refractivity contribution in [3.63, 3.8) is 0 Å². The zero-order valence-electron chi connectivity index (χ0n) is 12.5. The van der Waals surface area contributed by atoms with Crippen molar-refractivity contribution in [1.82, 2.24) is 0 Å². The van der Waals surface area contributed by atoms with Crippen LogP contribution in [0.25, 0.3) is 0 Å². The van der Waals surface area contributed by atoms with Crippen molar-refractivity contribution in [3.05, 3.63) is 57.9 Å². The Morgan fingerprint density at radius 1 is 1.41 bits per heavy atom. The number of aliphatic hydroxyl groups is 1. The number of hydrogen-bond acceptors (Lipinski definition) is 5. The van der Waals surface area contributed by atoms with Gasteiger partial charge in [-0.15, -0.1) is 0 Å². The highest BCUT2D eigenvalue weighted by Gasteiger charge is 2.56. The number of nitrogens with one attached hydrogen (secondary N) is 1. The summed E-state index contributed by atoms with van der Waals surface area (Å²) in [5.41, 5.74) is 1.33. The molecular formula is C16H18N2O4. The molecule has 1 atom stereocenters. The molecule has 0 radical (unpaired) electrons. The zero-order chi connectivity index (χ0) is 16.0. The third-order valence-electron chi connectivity index (χ3n) is 4.53. The Hall–Kier alpha value is -2.34. The molecule has 0 saturated heterocycles. The molecular weight excluding hydrogens is 284 g/mol. The first-order valence-electron chi connectivity index (χ1n) is 7.14. The number of fused-ring (bicyclic) bond motifs is 1. The van der Waals surface area contributed by atoms with E-state index in [4.69, 9.17) is 4.74 Å². The molecule has 116 valence electrons. The summed E-state index contributed by atoms with van der Waals surface area (Å²) >= 11 is 0. The highest BCUT2D eigenvalue weighted by atomic mass is 16.6. The molecule has 0 fully saturated rings. The highest BCUT2D eigenvalue weighted by Crippen LogP contribution is 2.53. The first-order chi connectivity index (χ1) is 10.4. The van der Waals surface area contributed by atoms with Crippen molar-refractivity contribution >= 4 is 11.4 Å². The van der Waals surface area contributed by atoms with Crippen molar-refractivity contribution in [1.29, 1.82) is 0 Å². The zero-order valence-corrected chi connectivity index (χ0v) is 12.5. The van der Waals surface area contributed by atoms with Crippen LogP contribution in [0.1, 0.15) is 25.8 Å². The molecule has 1 unspecified atom stereocenters. The molecule has 0 aromatic heterocycles. The summed E-state index contributed by atoms with van der Waals surface area (Å²) in [4.78, 5) is 10.6. The molecule has 22 heavy (non-hydrogen) atoms. The molecule has 0 aliphatic carbocycles. The van der Waals surface area contributed by atoms with Gasteiger partial charge in [0.1, 0.15) is 0 Å². The topological polar surface area (TPSA) is 84.6 Å². The number of anilines is 1. The van der Waals surface area contributed by atoms with Gasteiger partial charge in [0.2, 0.25) is 5.72 Å². The van der Waals surface area contributed by atoms with Crippen LogP contribution in [0.15, 0.2) is 42.2 Å². The molecule has 0 saturated carbocycles. The number of aliphatic hydroxyl groups excluding tert-OH is 1. The van der Waals surface area contributed by atoms with E-state index in [2.05, 4.69) is 5.32 Å². The fourth-order valence-corrected chi connectivity index (χ4v) is 3.36. The van der Waals surface area contributed by atoms with Crippen LogP contribution in [0.4, 0.5) is 11.4 Å². The number of hydrogen-bond donors (Lipinski definition) is 2. The van der Waals surface area contributed by atoms with Gasteiger partial charge in [0.15, 0.2) is 0 Å². The number of nitrogens with zero attached hydrogens (tertiary/aromatic N) is 1. The van der Waals surface area contributed by atoms with Gasteiger partial charge in [-0.1, -0.05) is 6.08 Å². The van der Waals surface area contributed by atoms with Crippen LogP contribution in [-0.4, -0.2) is 22.4 Å². The second-order valence-electron chi connectivity index (χ2n) is 6.03. The number of benzene rings is 1. The smallest absolute Gasteiger partial charge is 0.271 e. The Labute approximate surface area is 128 Å². The average Bonchev–Trinajstić information content (AvgIpc) is 2.70. The number of ether oxygens (including phenoxy) is 1. The number of nitro benzene ring substituents is 1. The third-order valence-corrected chi connectivity index (χ3v) is 4.53. The van der Waals surface area contributed by atoms with E-state index in [0.717, 1.165) is 11.1 Å². The lowest BCUT2D eigenvalue weighted by molar-refractivity contribution is -0.384. The summed E-state index contributed by atoms with van der Waals surface area (Å²) in [6.45, 7) is 4.07. The minimum Gasteiger partial charge on any atom is -0.471 e. The van der Waals surface area contributed by atoms with E-state index in [0.29, 0.717) is 12.1 Å². The summed E-state index contributed by atoms with van der Waals surface area (Å²) in [5, 5.41) is 23.6. The fraction of sp³-hybridized carbons (Fsp3) is 0.375. The van der Waals surface area contributed by atoms with E-state index in [1.165, 1.54) is 12.1 Å². The Bertz CT molecular complexity index is 693. The lowest BCUT2D eigenvalue weighted by Gasteiger charge is -2.43. The molecule has 6 heteroatoms. The molecule has 2 aliphatic heterocycles. The highest BCUT2D eigenvalue weighted by molar-refractivity contribution is 5.69. The van der Waals surface area contributed by atoms with Crippen LogP contribution in [0, 0.1) is 10.1 Å². The Balaban J connectivity index is 2.11. The van der Waals surface area contributed by atoms with Gasteiger partial charge in [0.25, 0.3) is 5.69 Å². The predicted octanol–water partition coefficient (Wildman–Crippen LogP) is 2.85. The SMILES string of the molecule is CC1(C)c2ccc([N+](=O)[O-])cc2NC12OC=CC=C2CCO. The van der Waals surface area contributed by atoms with Gasteiger partial charge in [-0.25, -0.2) is 0 Å². The molecule has 1 spiro atoms. The van der Waals surface area contributed by atoms with E-state index in [1.54, 1.807) is 18.4 Å². The van der Waals surface area contributed by atoms with Crippen molar-refractivity contribution in [2.24, 2.45) is 0 Å². The molecule has 6 nitrogen and oxygen atoms in total. The lowest BCUT2D eigenvalue weighted by Crippen LogP contribution is -2.53. The van der Waals surface area contributed by atoms with Crippen LogP contribution >= 0.6 is 0 Å². The van der Waals surface area contributed by atoms with Crippen molar-refractivity contribution in [2.75, 3.05) is 11.9 Å². The Morgan fingerprint density at radius 2 is 2.18 bits per heavy atom. The van der Waals surface area contributed by atoms with E-state index in [9.17, 15) is 15.2 Å². The summed E-state index contributed by atoms with van der Waals surface area (Å²) in [6.07, 6.45) is 5.79. The Morgan fingerprint density at radius 3 is 2.86 bits per heavy atom. The van der Waals surface area contributed by atoms with Crippen LogP contribution in [0.2, 0.25) is 0 Å². The number of rotatable bonds is 3. The fourth-order valence-electron chi connectivity index (χ4n) is 3.36. The normalized spacial score (nSPS) is 24.4. The summed E-state index contributed by atoms with van der Waals surface area (Å²) in [5.74, 6) is 0. The maximum absolute atomic E-state index is 11.0. The molecule has 0 amide bonds. The maximum atomic E-state index is 11.0. The van der Waals surface area contributed by atoms with Crippen molar-refractivity contribution < 1.29 is 14.8 Å². The average molecular weight is 302 g/mol. The Kier molecular flexibility index (Phi) is 3.21. The lowest BCUT2D eigenvalue weighted by atomic mass is 9.73. The van der Waals surface area contributed by atoms with Gasteiger partial charge >= 0.3 is 0 Å². The van der Waals surface area contributed by atoms with Crippen molar-refractivity contribution in [2.45, 2.75) is 31.4 Å². The summed E-state index contributed by atoms with van der Waals surface area (Å²) < 4.78 is 5.95. The molecule has 3 rings (SSSR count). The molecule has 2 aliphatic rings. The van der Waals surface area contributed by atoms with Crippen LogP contribution in [0.5, 0.6) is 0 Å². The summed E-state index contributed by atoms with van der Waals surface area (Å²) in [7, 11) is 0. The molecule has 0 bridgehead atoms. The quantitative estimate of drug-likeness (QED) is 0.662. The molecule has 2 N–H and O–H groups in total. The minimum atomic E-state index is -0.831. The second-order valence-corrected chi connectivity index (χ2v) is 6.03. The second kappa shape index (κ2) is 4.84. The minimum absolute atomic E-state index is 0.0129. The van der Waals surface area contributed by atoms with E-state index in [1.807, 2.05) is 19.9 Å². The predicted molar refractivity (Wildman–Crippen MR) is 82.5 cm³/mol. The van der Waals surface area contributed by atoms with Crippen LogP contribution in [-0.2, 0) is 10.2 Å². The van der Waals surface area contributed by atoms with Crippen LogP contribution < -0.4 is 5.32 Å². The van der Waals surface area contributed by atoms with Crippen molar-refractivity contribution in [3.8, 4) is 0 Å². The standard InChI is InChI=1S/C16H18N2O4/c1-15(2)13-6-5-12(18(20)21)10-14(13)17-16(15)11(7-8-19)4-3-9-22-16/h3-6,9-10,17,19H,7-8H2,1-2H3. The van der Waals surface area contributed by atoms with E-state index in [-0.39, 0.29) is 12.3 Å². The first kappa shape index (κ1) is 14.6. The number of nitro groups is 1. The monoisotopic (exact) mass is 302 g/mol. The van der Waals surface area contributed by atoms with Gasteiger partial charge in [-0.05, 0) is 43.5 Å². The number of non-ortho nitro benzene ring substituents is 1. The largest absolute Gasteiger partial charge is 0.471 e. The number of allylic oxidation sites excluding steroid dienone is 2. The third kappa shape index (κ3) is 1.84. The van der Waals surface area contributed by atoms with Crippen LogP contribution in [0.3, 0.4) is 0 Å².